The van der Waals surface area contributed by atoms with E-state index in [2.05, 4.69) is 164 Å². The van der Waals surface area contributed by atoms with Crippen LogP contribution in [0.4, 0.5) is 11.4 Å². The normalized spacial score (nSPS) is 17.5. The van der Waals surface area contributed by atoms with Crippen LogP contribution < -0.4 is 4.90 Å². The molecule has 12 rings (SSSR count). The highest BCUT2D eigenvalue weighted by atomic mass is 16.3. The van der Waals surface area contributed by atoms with Gasteiger partial charge in [-0.25, -0.2) is 9.97 Å². The maximum absolute atomic E-state index is 6.33. The van der Waals surface area contributed by atoms with Crippen LogP contribution in [0, 0.1) is 0 Å². The smallest absolute Gasteiger partial charge is 0.160 e. The minimum absolute atomic E-state index is 0.114. The van der Waals surface area contributed by atoms with Gasteiger partial charge in [-0.05, 0) is 119 Å². The van der Waals surface area contributed by atoms with Gasteiger partial charge in [-0.15, -0.1) is 0 Å². The molecule has 0 fully saturated rings. The number of furan rings is 1. The average Bonchev–Trinajstić information content (AvgIpc) is 3.87. The molecule has 2 unspecified atom stereocenters. The van der Waals surface area contributed by atoms with Crippen LogP contribution in [0.15, 0.2) is 168 Å². The highest BCUT2D eigenvalue weighted by Gasteiger charge is 2.40. The zero-order valence-electron chi connectivity index (χ0n) is 31.9. The number of para-hydroxylation sites is 2. The zero-order chi connectivity index (χ0) is 37.8. The first-order valence-electron chi connectivity index (χ1n) is 20.1. The summed E-state index contributed by atoms with van der Waals surface area (Å²) in [5, 5.41) is 3.42. The molecule has 2 aliphatic carbocycles. The van der Waals surface area contributed by atoms with E-state index in [0.717, 1.165) is 57.6 Å². The van der Waals surface area contributed by atoms with Gasteiger partial charge in [0.05, 0.1) is 17.3 Å². The van der Waals surface area contributed by atoms with Crippen molar-refractivity contribution in [3.8, 4) is 44.9 Å². The van der Waals surface area contributed by atoms with Crippen molar-refractivity contribution in [1.82, 2.24) is 9.97 Å². The Labute approximate surface area is 331 Å². The molecule has 4 nitrogen and oxygen atoms in total. The molecule has 0 saturated carbocycles. The first-order valence-corrected chi connectivity index (χ1v) is 20.1. The van der Waals surface area contributed by atoms with E-state index in [-0.39, 0.29) is 11.5 Å². The number of hydrogen-bond acceptors (Lipinski definition) is 4. The van der Waals surface area contributed by atoms with Gasteiger partial charge in [-0.2, -0.15) is 0 Å². The fourth-order valence-corrected chi connectivity index (χ4v) is 10.1. The van der Waals surface area contributed by atoms with Crippen molar-refractivity contribution in [2.75, 3.05) is 4.90 Å². The standard InChI is InChI=1S/C53H39N3O/c1-53(2)44-26-22-34(28-40(44)41-30-43-38-15-8-11-19-49(38)57-50(43)31-45(41)53)35-23-27-48-42(29-35)37-14-7-10-18-47(37)56(48)36-24-20-33(21-25-36)52-54-46-17-9-6-16-39(46)51(55-52)32-12-4-3-5-13-32/h3-6,8-13,15-31,37,47H,7,14H2,1-2H3. The number of aromatic nitrogens is 2. The van der Waals surface area contributed by atoms with Crippen LogP contribution in [0.3, 0.4) is 0 Å². The Balaban J connectivity index is 0.916. The molecule has 9 aromatic rings. The average molecular weight is 734 g/mol. The third kappa shape index (κ3) is 4.86. The SMILES string of the molecule is CC1(C)c2ccc(-c3ccc4c(c3)C3CCC=CC3N4c3ccc(-c4nc(-c5ccccc5)c5ccccc5n4)cc3)cc2-c2cc3c(cc21)oc1ccccc13. The maximum Gasteiger partial charge on any atom is 0.160 e. The Morgan fingerprint density at radius 3 is 2.21 bits per heavy atom. The summed E-state index contributed by atoms with van der Waals surface area (Å²) < 4.78 is 6.33. The van der Waals surface area contributed by atoms with Crippen LogP contribution >= 0.6 is 0 Å². The summed E-state index contributed by atoms with van der Waals surface area (Å²) in [7, 11) is 0. The van der Waals surface area contributed by atoms with Crippen LogP contribution in [0.1, 0.15) is 49.3 Å². The molecule has 0 spiro atoms. The molecular formula is C53H39N3O. The summed E-state index contributed by atoms with van der Waals surface area (Å²) >= 11 is 0. The highest BCUT2D eigenvalue weighted by Crippen LogP contribution is 2.53. The van der Waals surface area contributed by atoms with Gasteiger partial charge in [0.1, 0.15) is 11.2 Å². The Morgan fingerprint density at radius 2 is 1.33 bits per heavy atom. The van der Waals surface area contributed by atoms with Gasteiger partial charge in [-0.1, -0.05) is 111 Å². The van der Waals surface area contributed by atoms with Crippen molar-refractivity contribution in [1.29, 1.82) is 0 Å². The second-order valence-corrected chi connectivity index (χ2v) is 16.4. The molecule has 3 heterocycles. The van der Waals surface area contributed by atoms with Gasteiger partial charge in [0.15, 0.2) is 5.82 Å². The molecule has 7 aromatic carbocycles. The van der Waals surface area contributed by atoms with Crippen molar-refractivity contribution < 1.29 is 4.42 Å². The molecule has 2 aromatic heterocycles. The van der Waals surface area contributed by atoms with Crippen molar-refractivity contribution in [3.05, 3.63) is 181 Å². The predicted molar refractivity (Wildman–Crippen MR) is 234 cm³/mol. The molecule has 1 aliphatic heterocycles. The third-order valence-electron chi connectivity index (χ3n) is 12.9. The number of anilines is 2. The summed E-state index contributed by atoms with van der Waals surface area (Å²) in [4.78, 5) is 12.7. The molecule has 2 atom stereocenters. The van der Waals surface area contributed by atoms with Crippen molar-refractivity contribution in [2.45, 2.75) is 44.1 Å². The van der Waals surface area contributed by atoms with Gasteiger partial charge in [0, 0.05) is 50.0 Å². The lowest BCUT2D eigenvalue weighted by Crippen LogP contribution is -2.29. The minimum atomic E-state index is -0.114. The van der Waals surface area contributed by atoms with E-state index in [9.17, 15) is 0 Å². The summed E-state index contributed by atoms with van der Waals surface area (Å²) in [5.74, 6) is 1.17. The van der Waals surface area contributed by atoms with E-state index < -0.39 is 0 Å². The summed E-state index contributed by atoms with van der Waals surface area (Å²) in [5.41, 5.74) is 17.6. The van der Waals surface area contributed by atoms with Crippen LogP contribution in [-0.4, -0.2) is 16.0 Å². The van der Waals surface area contributed by atoms with Gasteiger partial charge in [-0.3, -0.25) is 0 Å². The van der Waals surface area contributed by atoms with E-state index in [1.807, 2.05) is 18.2 Å². The molecule has 57 heavy (non-hydrogen) atoms. The molecule has 3 aliphatic rings. The molecule has 272 valence electrons. The number of benzene rings is 7. The molecular weight excluding hydrogens is 695 g/mol. The minimum Gasteiger partial charge on any atom is -0.456 e. The number of rotatable bonds is 4. The first kappa shape index (κ1) is 32.5. The van der Waals surface area contributed by atoms with E-state index in [1.165, 1.54) is 61.1 Å². The van der Waals surface area contributed by atoms with Crippen LogP contribution in [0.25, 0.3) is 77.7 Å². The van der Waals surface area contributed by atoms with E-state index in [1.54, 1.807) is 0 Å². The molecule has 0 amide bonds. The molecule has 0 bridgehead atoms. The number of fused-ring (bicyclic) bond motifs is 10. The Hall–Kier alpha value is -6.78. The lowest BCUT2D eigenvalue weighted by Gasteiger charge is -2.30. The van der Waals surface area contributed by atoms with Crippen LogP contribution in [0.5, 0.6) is 0 Å². The fraction of sp³-hybridized carbons (Fsp3) is 0.132. The van der Waals surface area contributed by atoms with Crippen LogP contribution in [0.2, 0.25) is 0 Å². The monoisotopic (exact) mass is 733 g/mol. The molecule has 0 saturated heterocycles. The zero-order valence-corrected chi connectivity index (χ0v) is 31.9. The Kier molecular flexibility index (Phi) is 6.90. The predicted octanol–water partition coefficient (Wildman–Crippen LogP) is 13.8. The van der Waals surface area contributed by atoms with Gasteiger partial charge < -0.3 is 9.32 Å². The third-order valence-corrected chi connectivity index (χ3v) is 12.9. The number of hydrogen-bond donors (Lipinski definition) is 0. The second-order valence-electron chi connectivity index (χ2n) is 16.4. The number of allylic oxidation sites excluding steroid dienone is 1. The summed E-state index contributed by atoms with van der Waals surface area (Å²) in [6, 6.07) is 55.2. The topological polar surface area (TPSA) is 42.2 Å². The maximum atomic E-state index is 6.33. The summed E-state index contributed by atoms with van der Waals surface area (Å²) in [6.07, 6.45) is 7.03. The first-order chi connectivity index (χ1) is 28.0. The second kappa shape index (κ2) is 12.1. The van der Waals surface area contributed by atoms with E-state index in [4.69, 9.17) is 14.4 Å². The Bertz CT molecular complexity index is 3120. The van der Waals surface area contributed by atoms with Crippen LogP contribution in [-0.2, 0) is 5.41 Å². The number of nitrogens with zero attached hydrogens (tertiary/aromatic N) is 3. The van der Waals surface area contributed by atoms with E-state index in [0.29, 0.717) is 5.92 Å². The lowest BCUT2D eigenvalue weighted by molar-refractivity contribution is 0.573. The van der Waals surface area contributed by atoms with Crippen molar-refractivity contribution in [2.24, 2.45) is 0 Å². The van der Waals surface area contributed by atoms with Crippen molar-refractivity contribution >= 4 is 44.2 Å². The summed E-state index contributed by atoms with van der Waals surface area (Å²) in [6.45, 7) is 4.69. The largest absolute Gasteiger partial charge is 0.456 e. The van der Waals surface area contributed by atoms with Gasteiger partial charge >= 0.3 is 0 Å². The van der Waals surface area contributed by atoms with Gasteiger partial charge in [0.25, 0.3) is 0 Å². The van der Waals surface area contributed by atoms with Gasteiger partial charge in [0.2, 0.25) is 0 Å². The molecule has 0 N–H and O–H groups in total. The van der Waals surface area contributed by atoms with E-state index >= 15 is 0 Å². The quantitative estimate of drug-likeness (QED) is 0.169. The highest BCUT2D eigenvalue weighted by molar-refractivity contribution is 6.08. The molecule has 4 heteroatoms. The molecule has 0 radical (unpaired) electrons. The fourth-order valence-electron chi connectivity index (χ4n) is 10.1. The lowest BCUT2D eigenvalue weighted by atomic mass is 9.82. The van der Waals surface area contributed by atoms with Crippen molar-refractivity contribution in [3.63, 3.8) is 0 Å². The Morgan fingerprint density at radius 1 is 0.596 bits per heavy atom.